The van der Waals surface area contributed by atoms with Crippen LogP contribution in [0.1, 0.15) is 60.2 Å². The van der Waals surface area contributed by atoms with Crippen molar-refractivity contribution in [3.63, 3.8) is 0 Å². The molecule has 1 fully saturated rings. The number of amides is 3. The van der Waals surface area contributed by atoms with Crippen LogP contribution in [0.3, 0.4) is 0 Å². The van der Waals surface area contributed by atoms with Gasteiger partial charge in [-0.15, -0.1) is 0 Å². The number of nitrogen functional groups attached to an aromatic ring is 1. The number of carbonyl (C=O) groups excluding carboxylic acids is 4. The molecule has 6 N–H and O–H groups in total. The molecule has 1 aliphatic carbocycles. The van der Waals surface area contributed by atoms with Crippen LogP contribution in [-0.4, -0.2) is 79.1 Å². The van der Waals surface area contributed by atoms with E-state index in [2.05, 4.69) is 16.0 Å². The molecule has 2 aromatic carbocycles. The van der Waals surface area contributed by atoms with Crippen molar-refractivity contribution in [2.45, 2.75) is 64.1 Å². The summed E-state index contributed by atoms with van der Waals surface area (Å²) in [7, 11) is 1.60. The third-order valence-corrected chi connectivity index (χ3v) is 8.12. The molecule has 3 amide bonds. The highest BCUT2D eigenvalue weighted by atomic mass is 16.5. The number of carbonyl (C=O) groups is 4. The molecule has 230 valence electrons. The predicted molar refractivity (Wildman–Crippen MR) is 163 cm³/mol. The van der Waals surface area contributed by atoms with Crippen molar-refractivity contribution in [3.8, 4) is 5.75 Å². The van der Waals surface area contributed by atoms with E-state index in [1.165, 1.54) is 11.8 Å². The monoisotopic (exact) mass is 590 g/mol. The highest BCUT2D eigenvalue weighted by molar-refractivity contribution is 5.96. The molecule has 0 spiro atoms. The van der Waals surface area contributed by atoms with Crippen LogP contribution in [0.5, 0.6) is 5.75 Å². The SMILES string of the molecule is CC(=O)c1ccc(C[C@H]2NC(=O)[C@@H](C)N(C)C(=O)[C@H](C3CC3)NCCOc3cc(C(=N)N)ccc3CCCNC2=O)cc1. The zero-order chi connectivity index (χ0) is 31.1. The first kappa shape index (κ1) is 31.7. The first-order valence-electron chi connectivity index (χ1n) is 14.8. The number of likely N-dealkylation sites (N-methyl/N-ethyl adjacent to an activating group) is 1. The number of amidine groups is 1. The van der Waals surface area contributed by atoms with Crippen molar-refractivity contribution >= 4 is 29.3 Å². The number of ether oxygens (including phenoxy) is 1. The Labute approximate surface area is 252 Å². The summed E-state index contributed by atoms with van der Waals surface area (Å²) in [6.07, 6.45) is 3.29. The highest BCUT2D eigenvalue weighted by Crippen LogP contribution is 2.33. The fraction of sp³-hybridized carbons (Fsp3) is 0.469. The topological polar surface area (TPSA) is 167 Å². The molecule has 4 rings (SSSR count). The molecule has 11 heteroatoms. The molecular weight excluding hydrogens is 548 g/mol. The summed E-state index contributed by atoms with van der Waals surface area (Å²) in [5.41, 5.74) is 8.53. The second kappa shape index (κ2) is 14.3. The number of benzene rings is 2. The Bertz CT molecular complexity index is 1360. The number of nitrogens with one attached hydrogen (secondary N) is 4. The average Bonchev–Trinajstić information content (AvgIpc) is 3.83. The standard InChI is InChI=1S/C32H42N6O5/c1-19-30(40)37-26(17-21-6-8-22(9-7-21)20(2)39)31(41)36-14-4-5-23-10-13-25(29(33)34)18-27(23)43-16-15-35-28(24-11-12-24)32(42)38(19)3/h6-10,13,18-19,24,26,28,35H,4-5,11-12,14-17H2,1-3H3,(H3,33,34)(H,36,41)(H,37,40)/t19-,26-,28+/m1/s1. The van der Waals surface area contributed by atoms with Crippen LogP contribution < -0.4 is 26.4 Å². The van der Waals surface area contributed by atoms with E-state index < -0.39 is 24.0 Å². The maximum atomic E-state index is 13.5. The quantitative estimate of drug-likeness (QED) is 0.200. The Balaban J connectivity index is 1.57. The zero-order valence-electron chi connectivity index (χ0n) is 25.1. The third-order valence-electron chi connectivity index (χ3n) is 8.12. The Morgan fingerprint density at radius 2 is 1.74 bits per heavy atom. The Morgan fingerprint density at radius 3 is 2.40 bits per heavy atom. The third kappa shape index (κ3) is 8.41. The fourth-order valence-electron chi connectivity index (χ4n) is 5.14. The molecule has 0 radical (unpaired) electrons. The summed E-state index contributed by atoms with van der Waals surface area (Å²) >= 11 is 0. The van der Waals surface area contributed by atoms with Gasteiger partial charge >= 0.3 is 0 Å². The molecule has 2 aliphatic rings. The van der Waals surface area contributed by atoms with Gasteiger partial charge in [0.05, 0.1) is 6.04 Å². The summed E-state index contributed by atoms with van der Waals surface area (Å²) < 4.78 is 6.09. The van der Waals surface area contributed by atoms with Crippen LogP contribution in [0.15, 0.2) is 42.5 Å². The van der Waals surface area contributed by atoms with E-state index in [-0.39, 0.29) is 35.8 Å². The summed E-state index contributed by atoms with van der Waals surface area (Å²) in [6.45, 7) is 4.23. The molecule has 1 aliphatic heterocycles. The Morgan fingerprint density at radius 1 is 1.05 bits per heavy atom. The molecule has 11 nitrogen and oxygen atoms in total. The lowest BCUT2D eigenvalue weighted by Gasteiger charge is -2.30. The molecule has 43 heavy (non-hydrogen) atoms. The number of ketones is 1. The minimum atomic E-state index is -0.883. The summed E-state index contributed by atoms with van der Waals surface area (Å²) in [5.74, 6) is -0.273. The van der Waals surface area contributed by atoms with Crippen LogP contribution >= 0.6 is 0 Å². The van der Waals surface area contributed by atoms with Gasteiger partial charge in [-0.3, -0.25) is 24.6 Å². The normalized spacial score (nSPS) is 22.7. The van der Waals surface area contributed by atoms with Crippen LogP contribution in [0.4, 0.5) is 0 Å². The van der Waals surface area contributed by atoms with E-state index in [9.17, 15) is 19.2 Å². The molecule has 0 unspecified atom stereocenters. The first-order valence-corrected chi connectivity index (χ1v) is 14.8. The van der Waals surface area contributed by atoms with Crippen molar-refractivity contribution in [3.05, 3.63) is 64.7 Å². The van der Waals surface area contributed by atoms with E-state index in [4.69, 9.17) is 15.9 Å². The van der Waals surface area contributed by atoms with Gasteiger partial charge in [0.25, 0.3) is 0 Å². The lowest BCUT2D eigenvalue weighted by molar-refractivity contribution is -0.141. The highest BCUT2D eigenvalue weighted by Gasteiger charge is 2.39. The molecular formula is C32H42N6O5. The number of nitrogens with two attached hydrogens (primary N) is 1. The second-order valence-corrected chi connectivity index (χ2v) is 11.4. The minimum absolute atomic E-state index is 0.0566. The van der Waals surface area contributed by atoms with Crippen LogP contribution in [-0.2, 0) is 27.2 Å². The number of fused-ring (bicyclic) bond motifs is 1. The van der Waals surface area contributed by atoms with Crippen molar-refractivity contribution in [2.24, 2.45) is 11.7 Å². The molecule has 0 bridgehead atoms. The van der Waals surface area contributed by atoms with Crippen molar-refractivity contribution in [2.75, 3.05) is 26.7 Å². The van der Waals surface area contributed by atoms with Crippen LogP contribution in [0, 0.1) is 11.3 Å². The average molecular weight is 591 g/mol. The van der Waals surface area contributed by atoms with Gasteiger partial charge < -0.3 is 31.3 Å². The Hall–Kier alpha value is -4.25. The summed E-state index contributed by atoms with van der Waals surface area (Å²) in [4.78, 5) is 53.4. The van der Waals surface area contributed by atoms with E-state index in [1.54, 1.807) is 50.4 Å². The van der Waals surface area contributed by atoms with Gasteiger partial charge in [0.15, 0.2) is 5.78 Å². The van der Waals surface area contributed by atoms with Crippen molar-refractivity contribution in [1.29, 1.82) is 5.41 Å². The molecule has 1 saturated carbocycles. The number of Topliss-reactive ketones (excluding diaryl/α,β-unsaturated/α-hetero) is 1. The van der Waals surface area contributed by atoms with Crippen LogP contribution in [0.2, 0.25) is 0 Å². The van der Waals surface area contributed by atoms with Gasteiger partial charge in [-0.2, -0.15) is 0 Å². The number of rotatable bonds is 5. The molecule has 0 aromatic heterocycles. The maximum absolute atomic E-state index is 13.5. The van der Waals surface area contributed by atoms with Gasteiger partial charge in [0.1, 0.15) is 30.3 Å². The van der Waals surface area contributed by atoms with Gasteiger partial charge in [-0.25, -0.2) is 0 Å². The maximum Gasteiger partial charge on any atom is 0.243 e. The van der Waals surface area contributed by atoms with Crippen molar-refractivity contribution < 1.29 is 23.9 Å². The van der Waals surface area contributed by atoms with Gasteiger partial charge in [0.2, 0.25) is 17.7 Å². The van der Waals surface area contributed by atoms with Crippen molar-refractivity contribution in [1.82, 2.24) is 20.9 Å². The Kier molecular flexibility index (Phi) is 10.5. The molecule has 2 aromatic rings. The molecule has 1 heterocycles. The van der Waals surface area contributed by atoms with Gasteiger partial charge in [-0.1, -0.05) is 36.4 Å². The van der Waals surface area contributed by atoms with E-state index in [0.717, 1.165) is 24.0 Å². The zero-order valence-corrected chi connectivity index (χ0v) is 25.1. The number of hydrogen-bond donors (Lipinski definition) is 5. The molecule has 0 saturated heterocycles. The van der Waals surface area contributed by atoms with Gasteiger partial charge in [0, 0.05) is 37.7 Å². The number of hydrogen-bond acceptors (Lipinski definition) is 7. The fourth-order valence-corrected chi connectivity index (χ4v) is 5.14. The first-order chi connectivity index (χ1) is 20.5. The largest absolute Gasteiger partial charge is 0.492 e. The number of nitrogens with zero attached hydrogens (tertiary/aromatic N) is 1. The second-order valence-electron chi connectivity index (χ2n) is 11.4. The van der Waals surface area contributed by atoms with Gasteiger partial charge in [-0.05, 0) is 62.6 Å². The van der Waals surface area contributed by atoms with E-state index in [0.29, 0.717) is 49.4 Å². The van der Waals surface area contributed by atoms with Crippen LogP contribution in [0.25, 0.3) is 0 Å². The predicted octanol–water partition coefficient (Wildman–Crippen LogP) is 1.56. The lowest BCUT2D eigenvalue weighted by atomic mass is 10.0. The smallest absolute Gasteiger partial charge is 0.243 e. The lowest BCUT2D eigenvalue weighted by Crippen LogP contribution is -2.56. The van der Waals surface area contributed by atoms with E-state index >= 15 is 0 Å². The summed E-state index contributed by atoms with van der Waals surface area (Å²) in [6, 6.07) is 10.2. The van der Waals surface area contributed by atoms with E-state index in [1.807, 2.05) is 6.07 Å². The molecule has 3 atom stereocenters. The summed E-state index contributed by atoms with van der Waals surface area (Å²) in [5, 5.41) is 16.9. The minimum Gasteiger partial charge on any atom is -0.492 e. The number of aryl methyl sites for hydroxylation is 1.